The third kappa shape index (κ3) is 2.84. The number of hydrogen-bond acceptors (Lipinski definition) is 8. The Balaban J connectivity index is 1.44. The molecule has 1 unspecified atom stereocenters. The van der Waals surface area contributed by atoms with Gasteiger partial charge < -0.3 is 15.2 Å². The summed E-state index contributed by atoms with van der Waals surface area (Å²) >= 11 is 1.80. The van der Waals surface area contributed by atoms with E-state index < -0.39 is 0 Å². The van der Waals surface area contributed by atoms with Gasteiger partial charge in [-0.25, -0.2) is 15.0 Å². The Morgan fingerprint density at radius 3 is 3.15 bits per heavy atom. The summed E-state index contributed by atoms with van der Waals surface area (Å²) in [4.78, 5) is 21.1. The van der Waals surface area contributed by atoms with E-state index in [0.717, 1.165) is 53.7 Å². The largest absolute Gasteiger partial charge is 0.340 e. The number of aromatic amines is 1. The van der Waals surface area contributed by atoms with Crippen molar-refractivity contribution in [3.8, 4) is 0 Å². The summed E-state index contributed by atoms with van der Waals surface area (Å²) in [5, 5.41) is 12.7. The van der Waals surface area contributed by atoms with E-state index in [1.165, 1.54) is 6.42 Å². The van der Waals surface area contributed by atoms with Crippen molar-refractivity contribution in [2.45, 2.75) is 18.9 Å². The minimum atomic E-state index is 0.342. The van der Waals surface area contributed by atoms with Crippen LogP contribution in [0.1, 0.15) is 24.6 Å². The van der Waals surface area contributed by atoms with Gasteiger partial charge in [0, 0.05) is 25.0 Å². The molecule has 3 aromatic rings. The van der Waals surface area contributed by atoms with Gasteiger partial charge in [-0.1, -0.05) is 0 Å². The van der Waals surface area contributed by atoms with Crippen LogP contribution in [-0.2, 0) is 0 Å². The van der Waals surface area contributed by atoms with Gasteiger partial charge >= 0.3 is 0 Å². The molecular weight excluding hydrogens is 350 g/mol. The monoisotopic (exact) mass is 369 g/mol. The summed E-state index contributed by atoms with van der Waals surface area (Å²) in [6.45, 7) is 2.90. The molecule has 26 heavy (non-hydrogen) atoms. The van der Waals surface area contributed by atoms with Crippen molar-refractivity contribution in [3.63, 3.8) is 0 Å². The SMILES string of the molecule is C1=C(c2cnn(C3CCCNC3)n2)SCCN1c1ncnc2nc[nH]c12. The van der Waals surface area contributed by atoms with Crippen LogP contribution in [0, 0.1) is 0 Å². The number of hydrogen-bond donors (Lipinski definition) is 2. The van der Waals surface area contributed by atoms with Crippen LogP contribution in [0.2, 0.25) is 0 Å². The van der Waals surface area contributed by atoms with Gasteiger partial charge in [0.25, 0.3) is 0 Å². The number of aromatic nitrogens is 7. The topological polar surface area (TPSA) is 100 Å². The average molecular weight is 369 g/mol. The maximum Gasteiger partial charge on any atom is 0.182 e. The third-order valence-corrected chi connectivity index (χ3v) is 5.71. The zero-order valence-electron chi connectivity index (χ0n) is 14.2. The Morgan fingerprint density at radius 1 is 1.23 bits per heavy atom. The highest BCUT2D eigenvalue weighted by Crippen LogP contribution is 2.33. The standard InChI is InChI=1S/C16H19N9S/c1-2-11(6-17-3-1)25-22-7-12(23-25)13-8-24(4-5-26-13)16-14-15(19-9-18-14)20-10-21-16/h7-11,17H,1-6H2,(H,18,19,20,21). The van der Waals surface area contributed by atoms with Crippen molar-refractivity contribution in [2.75, 3.05) is 30.3 Å². The van der Waals surface area contributed by atoms with E-state index >= 15 is 0 Å². The highest BCUT2D eigenvalue weighted by atomic mass is 32.2. The molecule has 5 rings (SSSR count). The first-order valence-corrected chi connectivity index (χ1v) is 9.75. The highest BCUT2D eigenvalue weighted by Gasteiger charge is 2.22. The zero-order chi connectivity index (χ0) is 17.3. The van der Waals surface area contributed by atoms with Crippen molar-refractivity contribution >= 4 is 33.6 Å². The molecule has 0 saturated carbocycles. The Labute approximate surface area is 154 Å². The van der Waals surface area contributed by atoms with Crippen LogP contribution in [0.25, 0.3) is 16.1 Å². The molecule has 1 saturated heterocycles. The third-order valence-electron chi connectivity index (χ3n) is 4.70. The fraction of sp³-hybridized carbons (Fsp3) is 0.438. The van der Waals surface area contributed by atoms with E-state index in [1.54, 1.807) is 24.4 Å². The molecular formula is C16H19N9S. The minimum absolute atomic E-state index is 0.342. The van der Waals surface area contributed by atoms with Gasteiger partial charge in [-0.05, 0) is 19.4 Å². The molecule has 0 spiro atoms. The fourth-order valence-corrected chi connectivity index (χ4v) is 4.32. The van der Waals surface area contributed by atoms with Crippen molar-refractivity contribution < 1.29 is 0 Å². The summed E-state index contributed by atoms with van der Waals surface area (Å²) in [5.74, 6) is 1.80. The first-order chi connectivity index (χ1) is 12.9. The van der Waals surface area contributed by atoms with Crippen LogP contribution < -0.4 is 10.2 Å². The van der Waals surface area contributed by atoms with Gasteiger partial charge in [-0.3, -0.25) is 0 Å². The summed E-state index contributed by atoms with van der Waals surface area (Å²) < 4.78 is 0. The Bertz CT molecular complexity index is 940. The number of nitrogens with zero attached hydrogens (tertiary/aromatic N) is 7. The number of fused-ring (bicyclic) bond motifs is 1. The predicted octanol–water partition coefficient (Wildman–Crippen LogP) is 1.42. The molecule has 0 radical (unpaired) electrons. The molecule has 2 aliphatic rings. The lowest BCUT2D eigenvalue weighted by Crippen LogP contribution is -2.32. The van der Waals surface area contributed by atoms with E-state index in [1.807, 2.05) is 11.0 Å². The lowest BCUT2D eigenvalue weighted by atomic mass is 10.1. The van der Waals surface area contributed by atoms with E-state index in [4.69, 9.17) is 5.10 Å². The van der Waals surface area contributed by atoms with Gasteiger partial charge in [0.2, 0.25) is 0 Å². The maximum atomic E-state index is 4.73. The van der Waals surface area contributed by atoms with Gasteiger partial charge in [0.1, 0.15) is 17.5 Å². The second-order valence-electron chi connectivity index (χ2n) is 6.38. The van der Waals surface area contributed by atoms with E-state index in [-0.39, 0.29) is 0 Å². The molecule has 0 aliphatic carbocycles. The lowest BCUT2D eigenvalue weighted by molar-refractivity contribution is 0.317. The zero-order valence-corrected chi connectivity index (χ0v) is 15.0. The first-order valence-electron chi connectivity index (χ1n) is 8.77. The summed E-state index contributed by atoms with van der Waals surface area (Å²) in [6, 6.07) is 0.342. The maximum absolute atomic E-state index is 4.73. The van der Waals surface area contributed by atoms with Crippen LogP contribution in [0.4, 0.5) is 5.82 Å². The molecule has 3 aromatic heterocycles. The van der Waals surface area contributed by atoms with Crippen LogP contribution in [-0.4, -0.2) is 60.3 Å². The number of anilines is 1. The van der Waals surface area contributed by atoms with E-state index in [2.05, 4.69) is 41.5 Å². The molecule has 10 heteroatoms. The van der Waals surface area contributed by atoms with Crippen LogP contribution in [0.5, 0.6) is 0 Å². The number of rotatable bonds is 3. The summed E-state index contributed by atoms with van der Waals surface area (Å²) in [7, 11) is 0. The molecule has 2 N–H and O–H groups in total. The summed E-state index contributed by atoms with van der Waals surface area (Å²) in [6.07, 6.45) is 9.46. The van der Waals surface area contributed by atoms with Crippen molar-refractivity contribution in [3.05, 3.63) is 30.7 Å². The quantitative estimate of drug-likeness (QED) is 0.715. The van der Waals surface area contributed by atoms with Gasteiger partial charge in [-0.2, -0.15) is 15.0 Å². The van der Waals surface area contributed by atoms with E-state index in [0.29, 0.717) is 11.7 Å². The average Bonchev–Trinajstić information content (AvgIpc) is 3.38. The fourth-order valence-electron chi connectivity index (χ4n) is 3.37. The van der Waals surface area contributed by atoms with Gasteiger partial charge in [0.15, 0.2) is 11.5 Å². The predicted molar refractivity (Wildman–Crippen MR) is 101 cm³/mol. The molecule has 1 fully saturated rings. The highest BCUT2D eigenvalue weighted by molar-refractivity contribution is 8.08. The molecule has 0 amide bonds. The van der Waals surface area contributed by atoms with Gasteiger partial charge in [-0.15, -0.1) is 11.8 Å². The second-order valence-corrected chi connectivity index (χ2v) is 7.52. The summed E-state index contributed by atoms with van der Waals surface area (Å²) in [5.41, 5.74) is 2.45. The smallest absolute Gasteiger partial charge is 0.182 e. The second kappa shape index (κ2) is 6.69. The molecule has 5 heterocycles. The minimum Gasteiger partial charge on any atom is -0.340 e. The van der Waals surface area contributed by atoms with Gasteiger partial charge in [0.05, 0.1) is 23.5 Å². The Kier molecular flexibility index (Phi) is 4.06. The Hall–Kier alpha value is -2.46. The molecule has 2 aliphatic heterocycles. The Morgan fingerprint density at radius 2 is 2.23 bits per heavy atom. The van der Waals surface area contributed by atoms with Crippen molar-refractivity contribution in [1.82, 2.24) is 40.2 Å². The number of thioether (sulfide) groups is 1. The number of H-pyrrole nitrogens is 1. The first kappa shape index (κ1) is 15.8. The number of imidazole rings is 1. The van der Waals surface area contributed by atoms with Crippen molar-refractivity contribution in [1.29, 1.82) is 0 Å². The van der Waals surface area contributed by atoms with Crippen LogP contribution in [0.3, 0.4) is 0 Å². The number of nitrogens with one attached hydrogen (secondary N) is 2. The van der Waals surface area contributed by atoms with Crippen LogP contribution >= 0.6 is 11.8 Å². The van der Waals surface area contributed by atoms with Crippen molar-refractivity contribution in [2.24, 2.45) is 0 Å². The van der Waals surface area contributed by atoms with Crippen LogP contribution in [0.15, 0.2) is 25.1 Å². The molecule has 0 aromatic carbocycles. The molecule has 0 bridgehead atoms. The normalized spacial score (nSPS) is 21.2. The number of piperidine rings is 1. The molecule has 1 atom stereocenters. The van der Waals surface area contributed by atoms with E-state index in [9.17, 15) is 0 Å². The molecule has 134 valence electrons. The molecule has 9 nitrogen and oxygen atoms in total. The lowest BCUT2D eigenvalue weighted by Gasteiger charge is -2.25.